The Morgan fingerprint density at radius 3 is 2.27 bits per heavy atom. The number of nitrogens with zero attached hydrogens (tertiary/aromatic N) is 3. The molecule has 4 aliphatic heterocycles. The van der Waals surface area contributed by atoms with Gasteiger partial charge in [0.25, 0.3) is 0 Å². The molecule has 1 unspecified atom stereocenters. The van der Waals surface area contributed by atoms with Gasteiger partial charge in [-0.1, -0.05) is 45.1 Å². The molecule has 7 nitrogen and oxygen atoms in total. The fourth-order valence-electron chi connectivity index (χ4n) is 7.39. The molecule has 4 rings (SSSR count). The maximum Gasteiger partial charge on any atom is 0.247 e. The molecular weight excluding hydrogens is 486 g/mol. The summed E-state index contributed by atoms with van der Waals surface area (Å²) in [5.41, 5.74) is -0.373. The molecule has 4 heterocycles. The fraction of sp³-hybridized carbons (Fsp3) is 0.759. The summed E-state index contributed by atoms with van der Waals surface area (Å²) in [5, 5.41) is 9.26. The van der Waals surface area contributed by atoms with Gasteiger partial charge in [-0.3, -0.25) is 14.4 Å². The minimum absolute atomic E-state index is 0.0189. The molecule has 1 spiro atoms. The van der Waals surface area contributed by atoms with Crippen molar-refractivity contribution in [1.82, 2.24) is 14.7 Å². The second-order valence-corrected chi connectivity index (χ2v) is 15.1. The Morgan fingerprint density at radius 2 is 1.62 bits per heavy atom. The van der Waals surface area contributed by atoms with Crippen LogP contribution >= 0.6 is 11.8 Å². The first-order chi connectivity index (χ1) is 17.2. The Bertz CT molecular complexity index is 1000. The van der Waals surface area contributed by atoms with Crippen molar-refractivity contribution < 1.29 is 19.5 Å². The van der Waals surface area contributed by atoms with Crippen molar-refractivity contribution in [3.05, 3.63) is 24.3 Å². The van der Waals surface area contributed by atoms with Crippen LogP contribution in [0.25, 0.3) is 0 Å². The molecule has 1 N–H and O–H groups in total. The minimum atomic E-state index is -0.796. The third-order valence-electron chi connectivity index (χ3n) is 8.51. The van der Waals surface area contributed by atoms with E-state index in [2.05, 4.69) is 59.8 Å². The van der Waals surface area contributed by atoms with E-state index in [1.165, 1.54) is 0 Å². The third kappa shape index (κ3) is 4.77. The van der Waals surface area contributed by atoms with E-state index in [9.17, 15) is 19.5 Å². The Labute approximate surface area is 226 Å². The lowest BCUT2D eigenvalue weighted by molar-refractivity contribution is -0.147. The third-order valence-corrected chi connectivity index (χ3v) is 10.3. The molecule has 0 aromatic rings. The Kier molecular flexibility index (Phi) is 7.43. The summed E-state index contributed by atoms with van der Waals surface area (Å²) >= 11 is 1.64. The van der Waals surface area contributed by atoms with Crippen molar-refractivity contribution in [2.45, 2.75) is 88.3 Å². The zero-order valence-electron chi connectivity index (χ0n) is 23.6. The zero-order valence-corrected chi connectivity index (χ0v) is 24.4. The van der Waals surface area contributed by atoms with E-state index >= 15 is 0 Å². The van der Waals surface area contributed by atoms with E-state index < -0.39 is 32.9 Å². The fourth-order valence-corrected chi connectivity index (χ4v) is 9.55. The number of fused-ring (bicyclic) bond motifs is 2. The van der Waals surface area contributed by atoms with Crippen LogP contribution in [0.4, 0.5) is 0 Å². The van der Waals surface area contributed by atoms with Gasteiger partial charge >= 0.3 is 0 Å². The van der Waals surface area contributed by atoms with E-state index in [0.717, 1.165) is 12.8 Å². The Balaban J connectivity index is 1.80. The maximum absolute atomic E-state index is 14.6. The number of aliphatic hydroxyl groups excluding tert-OH is 1. The lowest BCUT2D eigenvalue weighted by atomic mass is 9.74. The number of hydrogen-bond acceptors (Lipinski definition) is 5. The van der Waals surface area contributed by atoms with E-state index in [1.807, 2.05) is 11.0 Å². The van der Waals surface area contributed by atoms with Gasteiger partial charge in [0.05, 0.1) is 16.6 Å². The number of hydrogen-bond donors (Lipinski definition) is 1. The van der Waals surface area contributed by atoms with Gasteiger partial charge in [0.15, 0.2) is 0 Å². The highest BCUT2D eigenvalue weighted by atomic mass is 32.2. The first kappa shape index (κ1) is 28.2. The van der Waals surface area contributed by atoms with Crippen LogP contribution < -0.4 is 0 Å². The van der Waals surface area contributed by atoms with Crippen LogP contribution in [0.2, 0.25) is 0 Å². The van der Waals surface area contributed by atoms with Crippen LogP contribution in [0.3, 0.4) is 0 Å². The summed E-state index contributed by atoms with van der Waals surface area (Å²) in [6.07, 6.45) is 11.3. The van der Waals surface area contributed by atoms with Gasteiger partial charge < -0.3 is 19.8 Å². The molecule has 8 heteroatoms. The molecule has 0 radical (unpaired) electrons. The van der Waals surface area contributed by atoms with Gasteiger partial charge in [0.1, 0.15) is 6.04 Å². The molecule has 0 aromatic carbocycles. The van der Waals surface area contributed by atoms with Gasteiger partial charge in [-0.05, 0) is 51.9 Å². The molecule has 0 saturated carbocycles. The van der Waals surface area contributed by atoms with Gasteiger partial charge in [-0.25, -0.2) is 0 Å². The van der Waals surface area contributed by atoms with Crippen molar-refractivity contribution in [3.8, 4) is 0 Å². The predicted octanol–water partition coefficient (Wildman–Crippen LogP) is 3.48. The predicted molar refractivity (Wildman–Crippen MR) is 148 cm³/mol. The Morgan fingerprint density at radius 1 is 0.946 bits per heavy atom. The van der Waals surface area contributed by atoms with Crippen LogP contribution in [0.15, 0.2) is 24.3 Å². The molecule has 4 aliphatic rings. The largest absolute Gasteiger partial charge is 0.396 e. The number of likely N-dealkylation sites (tertiary alicyclic amines) is 1. The summed E-state index contributed by atoms with van der Waals surface area (Å²) in [6.45, 7) is 14.5. The highest BCUT2D eigenvalue weighted by Crippen LogP contribution is 2.65. The van der Waals surface area contributed by atoms with E-state index in [1.54, 1.807) is 28.6 Å². The number of rotatable bonds is 7. The first-order valence-electron chi connectivity index (χ1n) is 13.7. The highest BCUT2D eigenvalue weighted by molar-refractivity contribution is 8.02. The molecule has 206 valence electrons. The maximum atomic E-state index is 14.6. The SMILES string of the molecule is CN1CC=C[C@@]2(C)S[C@]34C=CCN(C(C)(C)CC(C)(C)C)C(=O)C3N(CCCCCO)C(=O)[C@@H]4[C@H]2C1=O. The average molecular weight is 532 g/mol. The number of carbonyl (C=O) groups is 3. The minimum Gasteiger partial charge on any atom is -0.396 e. The van der Waals surface area contributed by atoms with Crippen LogP contribution in [-0.4, -0.2) is 91.9 Å². The molecule has 5 atom stereocenters. The van der Waals surface area contributed by atoms with Crippen LogP contribution in [0.5, 0.6) is 0 Å². The van der Waals surface area contributed by atoms with Gasteiger partial charge in [-0.15, -0.1) is 11.8 Å². The summed E-state index contributed by atoms with van der Waals surface area (Å²) in [5.74, 6) is -1.24. The molecule has 2 fully saturated rings. The number of amides is 3. The molecule has 0 bridgehead atoms. The van der Waals surface area contributed by atoms with Gasteiger partial charge in [0.2, 0.25) is 17.7 Å². The molecule has 0 aliphatic carbocycles. The molecule has 2 saturated heterocycles. The van der Waals surface area contributed by atoms with Crippen LogP contribution in [0, 0.1) is 17.3 Å². The number of carbonyl (C=O) groups excluding carboxylic acids is 3. The van der Waals surface area contributed by atoms with Crippen LogP contribution in [0.1, 0.15) is 67.2 Å². The van der Waals surface area contributed by atoms with E-state index in [4.69, 9.17) is 0 Å². The molecule has 37 heavy (non-hydrogen) atoms. The highest BCUT2D eigenvalue weighted by Gasteiger charge is 2.74. The normalized spacial score (nSPS) is 34.0. The van der Waals surface area contributed by atoms with E-state index in [-0.39, 0.29) is 29.7 Å². The monoisotopic (exact) mass is 531 g/mol. The van der Waals surface area contributed by atoms with Gasteiger partial charge in [-0.2, -0.15) is 0 Å². The number of unbranched alkanes of at least 4 members (excludes halogenated alkanes) is 2. The summed E-state index contributed by atoms with van der Waals surface area (Å²) in [6, 6.07) is -0.655. The smallest absolute Gasteiger partial charge is 0.247 e. The summed E-state index contributed by atoms with van der Waals surface area (Å²) in [7, 11) is 1.79. The van der Waals surface area contributed by atoms with Crippen molar-refractivity contribution in [3.63, 3.8) is 0 Å². The lowest BCUT2D eigenvalue weighted by Gasteiger charge is -2.44. The second-order valence-electron chi connectivity index (χ2n) is 13.3. The van der Waals surface area contributed by atoms with Crippen molar-refractivity contribution in [2.24, 2.45) is 17.3 Å². The standard InChI is InChI=1S/C29H45N3O4S/c1-26(2,3)19-27(4,5)32-17-12-14-29-21(20-23(34)30(7)15-11-13-28(20,6)37-29)24(35)31(22(29)25(32)36)16-9-8-10-18-33/h11-14,20-22,33H,8-10,15-19H2,1-7H3/t20-,21-,22?,28+,29-/m0/s1. The molecular formula is C29H45N3O4S. The van der Waals surface area contributed by atoms with Crippen molar-refractivity contribution >= 4 is 29.5 Å². The number of likely N-dealkylation sites (N-methyl/N-ethyl adjacent to an activating group) is 1. The van der Waals surface area contributed by atoms with Crippen molar-refractivity contribution in [1.29, 1.82) is 0 Å². The second kappa shape index (κ2) is 9.74. The lowest BCUT2D eigenvalue weighted by Crippen LogP contribution is -2.58. The van der Waals surface area contributed by atoms with Gasteiger partial charge in [0, 0.05) is 43.6 Å². The summed E-state index contributed by atoms with van der Waals surface area (Å²) in [4.78, 5) is 48.0. The quantitative estimate of drug-likeness (QED) is 0.402. The number of aliphatic hydroxyl groups is 1. The first-order valence-corrected chi connectivity index (χ1v) is 14.5. The van der Waals surface area contributed by atoms with Crippen LogP contribution in [-0.2, 0) is 14.4 Å². The number of thioether (sulfide) groups is 1. The Hall–Kier alpha value is -1.80. The average Bonchev–Trinajstić information content (AvgIpc) is 3.04. The van der Waals surface area contributed by atoms with Crippen molar-refractivity contribution in [2.75, 3.05) is 33.3 Å². The van der Waals surface area contributed by atoms with E-state index in [0.29, 0.717) is 32.5 Å². The zero-order chi connectivity index (χ0) is 27.4. The topological polar surface area (TPSA) is 81.2 Å². The summed E-state index contributed by atoms with van der Waals surface area (Å²) < 4.78 is -1.36. The molecule has 3 amide bonds. The molecule has 0 aromatic heterocycles.